The first kappa shape index (κ1) is 12.6. The van der Waals surface area contributed by atoms with Gasteiger partial charge in [0.15, 0.2) is 0 Å². The van der Waals surface area contributed by atoms with Gasteiger partial charge < -0.3 is 10.3 Å². The maximum Gasteiger partial charge on any atom is 0.110 e. The van der Waals surface area contributed by atoms with Crippen molar-refractivity contribution in [2.24, 2.45) is 18.7 Å². The molecule has 0 saturated heterocycles. The minimum absolute atomic E-state index is 0.0248. The summed E-state index contributed by atoms with van der Waals surface area (Å²) < 4.78 is 2.09. The lowest BCUT2D eigenvalue weighted by Crippen LogP contribution is -2.42. The highest BCUT2D eigenvalue weighted by molar-refractivity contribution is 5.01. The molecule has 1 aromatic rings. The fourth-order valence-electron chi connectivity index (χ4n) is 2.97. The van der Waals surface area contributed by atoms with Gasteiger partial charge in [-0.2, -0.15) is 0 Å². The normalized spacial score (nSPS) is 30.2. The van der Waals surface area contributed by atoms with Gasteiger partial charge in [0.05, 0.1) is 0 Å². The summed E-state index contributed by atoms with van der Waals surface area (Å²) >= 11 is 0. The van der Waals surface area contributed by atoms with E-state index in [0.29, 0.717) is 0 Å². The van der Waals surface area contributed by atoms with E-state index in [1.54, 1.807) is 0 Å². The van der Waals surface area contributed by atoms with Crippen LogP contribution in [0.1, 0.15) is 51.3 Å². The van der Waals surface area contributed by atoms with Gasteiger partial charge in [0.1, 0.15) is 5.82 Å². The summed E-state index contributed by atoms with van der Waals surface area (Å²) in [5.74, 6) is 2.02. The van der Waals surface area contributed by atoms with E-state index < -0.39 is 0 Å². The van der Waals surface area contributed by atoms with Crippen molar-refractivity contribution in [3.63, 3.8) is 0 Å². The van der Waals surface area contributed by atoms with Crippen LogP contribution >= 0.6 is 0 Å². The number of hydrogen-bond acceptors (Lipinski definition) is 2. The fraction of sp³-hybridized carbons (Fsp3) is 0.786. The van der Waals surface area contributed by atoms with Crippen LogP contribution in [-0.2, 0) is 13.5 Å². The van der Waals surface area contributed by atoms with Crippen LogP contribution in [0.3, 0.4) is 0 Å². The second kappa shape index (κ2) is 5.21. The van der Waals surface area contributed by atoms with Gasteiger partial charge in [-0.25, -0.2) is 4.98 Å². The Labute approximate surface area is 104 Å². The molecule has 0 radical (unpaired) electrons. The molecular formula is C14H25N3. The Morgan fingerprint density at radius 1 is 1.47 bits per heavy atom. The minimum atomic E-state index is -0.0248. The molecule has 2 N–H and O–H groups in total. The molecule has 0 amide bonds. The Hall–Kier alpha value is -0.830. The topological polar surface area (TPSA) is 43.8 Å². The molecule has 2 unspecified atom stereocenters. The van der Waals surface area contributed by atoms with Crippen LogP contribution in [0.25, 0.3) is 0 Å². The lowest BCUT2D eigenvalue weighted by atomic mass is 9.87. The largest absolute Gasteiger partial charge is 0.338 e. The summed E-state index contributed by atoms with van der Waals surface area (Å²) in [6.45, 7) is 2.30. The SMILES string of the molecule is CCC1CCCC(N)(Cc2nccn2C)CC1. The van der Waals surface area contributed by atoms with Gasteiger partial charge in [-0.3, -0.25) is 0 Å². The van der Waals surface area contributed by atoms with Gasteiger partial charge in [-0.1, -0.05) is 26.2 Å². The third-order valence-corrected chi connectivity index (χ3v) is 4.35. The number of nitrogens with two attached hydrogens (primary N) is 1. The molecule has 1 heterocycles. The van der Waals surface area contributed by atoms with Crippen LogP contribution in [0.5, 0.6) is 0 Å². The summed E-state index contributed by atoms with van der Waals surface area (Å²) in [6, 6.07) is 0. The van der Waals surface area contributed by atoms with Crippen LogP contribution in [-0.4, -0.2) is 15.1 Å². The third kappa shape index (κ3) is 3.09. The van der Waals surface area contributed by atoms with E-state index in [1.807, 2.05) is 12.4 Å². The predicted molar refractivity (Wildman–Crippen MR) is 70.7 cm³/mol. The zero-order chi connectivity index (χ0) is 12.3. The van der Waals surface area contributed by atoms with Gasteiger partial charge in [-0.15, -0.1) is 0 Å². The summed E-state index contributed by atoms with van der Waals surface area (Å²) in [5, 5.41) is 0. The van der Waals surface area contributed by atoms with Crippen molar-refractivity contribution >= 4 is 0 Å². The maximum absolute atomic E-state index is 6.58. The van der Waals surface area contributed by atoms with E-state index in [9.17, 15) is 0 Å². The van der Waals surface area contributed by atoms with Crippen molar-refractivity contribution in [1.82, 2.24) is 9.55 Å². The van der Waals surface area contributed by atoms with Gasteiger partial charge in [-0.05, 0) is 25.2 Å². The zero-order valence-corrected chi connectivity index (χ0v) is 11.2. The quantitative estimate of drug-likeness (QED) is 0.819. The molecule has 0 aliphatic heterocycles. The molecule has 17 heavy (non-hydrogen) atoms. The summed E-state index contributed by atoms with van der Waals surface area (Å²) in [4.78, 5) is 4.41. The molecule has 3 heteroatoms. The second-order valence-corrected chi connectivity index (χ2v) is 5.70. The van der Waals surface area contributed by atoms with Crippen molar-refractivity contribution in [2.45, 2.75) is 57.4 Å². The van der Waals surface area contributed by atoms with Gasteiger partial charge in [0, 0.05) is 31.4 Å². The third-order valence-electron chi connectivity index (χ3n) is 4.35. The summed E-state index contributed by atoms with van der Waals surface area (Å²) in [7, 11) is 2.05. The van der Waals surface area contributed by atoms with Gasteiger partial charge >= 0.3 is 0 Å². The monoisotopic (exact) mass is 235 g/mol. The number of hydrogen-bond donors (Lipinski definition) is 1. The predicted octanol–water partition coefficient (Wildman–Crippen LogP) is 2.65. The van der Waals surface area contributed by atoms with Crippen LogP contribution < -0.4 is 5.73 Å². The Morgan fingerprint density at radius 2 is 2.29 bits per heavy atom. The molecule has 96 valence electrons. The number of imidazole rings is 1. The van der Waals surface area contributed by atoms with E-state index in [4.69, 9.17) is 5.73 Å². The van der Waals surface area contributed by atoms with Crippen molar-refractivity contribution in [3.8, 4) is 0 Å². The van der Waals surface area contributed by atoms with Crippen molar-refractivity contribution in [3.05, 3.63) is 18.2 Å². The lowest BCUT2D eigenvalue weighted by Gasteiger charge is -2.27. The highest BCUT2D eigenvalue weighted by Crippen LogP contribution is 2.32. The second-order valence-electron chi connectivity index (χ2n) is 5.70. The molecule has 1 saturated carbocycles. The van der Waals surface area contributed by atoms with Crippen LogP contribution in [0.4, 0.5) is 0 Å². The summed E-state index contributed by atoms with van der Waals surface area (Å²) in [5.41, 5.74) is 6.56. The number of aryl methyl sites for hydroxylation is 1. The van der Waals surface area contributed by atoms with Crippen LogP contribution in [0.2, 0.25) is 0 Å². The minimum Gasteiger partial charge on any atom is -0.338 e. The number of nitrogens with zero attached hydrogens (tertiary/aromatic N) is 2. The first-order chi connectivity index (χ1) is 8.13. The fourth-order valence-corrected chi connectivity index (χ4v) is 2.97. The van der Waals surface area contributed by atoms with E-state index in [0.717, 1.165) is 31.0 Å². The highest BCUT2D eigenvalue weighted by Gasteiger charge is 2.30. The maximum atomic E-state index is 6.58. The Bertz CT molecular complexity index is 358. The molecule has 0 bridgehead atoms. The van der Waals surface area contributed by atoms with Gasteiger partial charge in [0.25, 0.3) is 0 Å². The van der Waals surface area contributed by atoms with Crippen molar-refractivity contribution < 1.29 is 0 Å². The van der Waals surface area contributed by atoms with E-state index >= 15 is 0 Å². The van der Waals surface area contributed by atoms with Gasteiger partial charge in [0.2, 0.25) is 0 Å². The Morgan fingerprint density at radius 3 is 2.94 bits per heavy atom. The van der Waals surface area contributed by atoms with Crippen LogP contribution in [0.15, 0.2) is 12.4 Å². The molecule has 0 aromatic carbocycles. The highest BCUT2D eigenvalue weighted by atomic mass is 15.0. The molecule has 1 aromatic heterocycles. The average Bonchev–Trinajstić information content (AvgIpc) is 2.60. The average molecular weight is 235 g/mol. The first-order valence-corrected chi connectivity index (χ1v) is 6.88. The first-order valence-electron chi connectivity index (χ1n) is 6.88. The van der Waals surface area contributed by atoms with E-state index in [1.165, 1.54) is 25.7 Å². The number of aromatic nitrogens is 2. The molecule has 2 rings (SSSR count). The Balaban J connectivity index is 2.01. The molecule has 2 atom stereocenters. The molecule has 3 nitrogen and oxygen atoms in total. The van der Waals surface area contributed by atoms with Crippen LogP contribution in [0, 0.1) is 5.92 Å². The smallest absolute Gasteiger partial charge is 0.110 e. The standard InChI is InChI=1S/C14H25N3/c1-3-12-5-4-7-14(15,8-6-12)11-13-16-9-10-17(13)2/h9-10,12H,3-8,11,15H2,1-2H3. The van der Waals surface area contributed by atoms with Crippen molar-refractivity contribution in [1.29, 1.82) is 0 Å². The van der Waals surface area contributed by atoms with Crippen molar-refractivity contribution in [2.75, 3.05) is 0 Å². The van der Waals surface area contributed by atoms with E-state index in [-0.39, 0.29) is 5.54 Å². The molecule has 1 aliphatic carbocycles. The lowest BCUT2D eigenvalue weighted by molar-refractivity contribution is 0.349. The Kier molecular flexibility index (Phi) is 3.87. The molecule has 1 fully saturated rings. The molecular weight excluding hydrogens is 210 g/mol. The molecule has 1 aliphatic rings. The zero-order valence-electron chi connectivity index (χ0n) is 11.2. The molecule has 0 spiro atoms. The summed E-state index contributed by atoms with van der Waals surface area (Å²) in [6.07, 6.45) is 12.3. The van der Waals surface area contributed by atoms with E-state index in [2.05, 4.69) is 23.5 Å². The number of rotatable bonds is 3.